The van der Waals surface area contributed by atoms with Gasteiger partial charge in [-0.15, -0.1) is 0 Å². The average molecular weight is 269 g/mol. The van der Waals surface area contributed by atoms with Crippen LogP contribution in [0.15, 0.2) is 24.4 Å². The van der Waals surface area contributed by atoms with Crippen LogP contribution in [-0.4, -0.2) is 26.3 Å². The molecule has 20 heavy (non-hydrogen) atoms. The molecule has 102 valence electrons. The number of nitrogens with one attached hydrogen (secondary N) is 3. The van der Waals surface area contributed by atoms with Crippen molar-refractivity contribution in [2.45, 2.75) is 20.4 Å². The molecule has 6 nitrogen and oxygen atoms in total. The molecule has 3 rings (SSSR count). The lowest BCUT2D eigenvalue weighted by Gasteiger charge is -2.06. The van der Waals surface area contributed by atoms with Crippen molar-refractivity contribution >= 4 is 16.8 Å². The number of rotatable bonds is 3. The summed E-state index contributed by atoms with van der Waals surface area (Å²) in [5.74, 6) is -0.114. The molecule has 0 spiro atoms. The third-order valence-electron chi connectivity index (χ3n) is 3.44. The molecular weight excluding hydrogens is 254 g/mol. The van der Waals surface area contributed by atoms with Crippen molar-refractivity contribution in [2.75, 3.05) is 0 Å². The Balaban J connectivity index is 1.82. The molecule has 0 saturated carbocycles. The molecule has 6 heteroatoms. The largest absolute Gasteiger partial charge is 0.348 e. The zero-order valence-electron chi connectivity index (χ0n) is 11.3. The third-order valence-corrected chi connectivity index (χ3v) is 3.44. The zero-order valence-corrected chi connectivity index (χ0v) is 11.3. The molecule has 1 aromatic carbocycles. The molecule has 3 aromatic rings. The zero-order chi connectivity index (χ0) is 14.1. The summed E-state index contributed by atoms with van der Waals surface area (Å²) in [6, 6.07) is 5.52. The second-order valence-corrected chi connectivity index (χ2v) is 4.73. The number of hydrogen-bond donors (Lipinski definition) is 3. The van der Waals surface area contributed by atoms with Gasteiger partial charge in [-0.2, -0.15) is 10.2 Å². The monoisotopic (exact) mass is 269 g/mol. The standard InChI is InChI=1S/C14H15N5O/c1-8-11(9(2)18-17-8)6-15-14(20)10-4-3-5-13-12(10)7-16-19-13/h3-5,7H,6H2,1-2H3,(H,15,20)(H,16,19)(H,17,18). The number of amides is 1. The molecule has 0 atom stereocenters. The molecule has 0 bridgehead atoms. The Bertz CT molecular complexity index is 751. The summed E-state index contributed by atoms with van der Waals surface area (Å²) in [6.07, 6.45) is 1.67. The Morgan fingerprint density at radius 1 is 1.30 bits per heavy atom. The van der Waals surface area contributed by atoms with Crippen molar-refractivity contribution in [1.82, 2.24) is 25.7 Å². The summed E-state index contributed by atoms with van der Waals surface area (Å²) in [5, 5.41) is 17.6. The summed E-state index contributed by atoms with van der Waals surface area (Å²) < 4.78 is 0. The highest BCUT2D eigenvalue weighted by molar-refractivity contribution is 6.05. The molecular formula is C14H15N5O. The third kappa shape index (κ3) is 2.05. The second-order valence-electron chi connectivity index (χ2n) is 4.73. The normalized spacial score (nSPS) is 10.9. The molecule has 0 aliphatic rings. The van der Waals surface area contributed by atoms with Gasteiger partial charge in [-0.1, -0.05) is 6.07 Å². The van der Waals surface area contributed by atoms with Crippen LogP contribution in [0.4, 0.5) is 0 Å². The van der Waals surface area contributed by atoms with Crippen molar-refractivity contribution in [3.63, 3.8) is 0 Å². The minimum Gasteiger partial charge on any atom is -0.348 e. The fourth-order valence-electron chi connectivity index (χ4n) is 2.26. The van der Waals surface area contributed by atoms with E-state index in [1.54, 1.807) is 12.3 Å². The number of nitrogens with zero attached hydrogens (tertiary/aromatic N) is 2. The Kier molecular flexibility index (Phi) is 2.98. The van der Waals surface area contributed by atoms with Gasteiger partial charge in [0, 0.05) is 23.2 Å². The fraction of sp³-hybridized carbons (Fsp3) is 0.214. The number of carbonyl (C=O) groups excluding carboxylic acids is 1. The first-order chi connectivity index (χ1) is 9.66. The van der Waals surface area contributed by atoms with E-state index in [2.05, 4.69) is 25.7 Å². The number of hydrogen-bond acceptors (Lipinski definition) is 3. The van der Waals surface area contributed by atoms with E-state index in [4.69, 9.17) is 0 Å². The van der Waals surface area contributed by atoms with Crippen molar-refractivity contribution < 1.29 is 4.79 Å². The molecule has 0 radical (unpaired) electrons. The van der Waals surface area contributed by atoms with Crippen molar-refractivity contribution in [1.29, 1.82) is 0 Å². The first-order valence-corrected chi connectivity index (χ1v) is 6.37. The lowest BCUT2D eigenvalue weighted by molar-refractivity contribution is 0.0952. The van der Waals surface area contributed by atoms with Crippen LogP contribution in [0.3, 0.4) is 0 Å². The molecule has 0 fully saturated rings. The number of fused-ring (bicyclic) bond motifs is 1. The van der Waals surface area contributed by atoms with Gasteiger partial charge < -0.3 is 5.32 Å². The molecule has 3 N–H and O–H groups in total. The van der Waals surface area contributed by atoms with Gasteiger partial charge >= 0.3 is 0 Å². The second kappa shape index (κ2) is 4.80. The Hall–Kier alpha value is -2.63. The summed E-state index contributed by atoms with van der Waals surface area (Å²) >= 11 is 0. The molecule has 2 aromatic heterocycles. The predicted octanol–water partition coefficient (Wildman–Crippen LogP) is 1.83. The summed E-state index contributed by atoms with van der Waals surface area (Å²) in [6.45, 7) is 4.32. The molecule has 2 heterocycles. The SMILES string of the molecule is Cc1n[nH]c(C)c1CNC(=O)c1cccc2[nH]ncc12. The number of aryl methyl sites for hydroxylation is 2. The van der Waals surface area contributed by atoms with Crippen LogP contribution in [0.25, 0.3) is 10.9 Å². The minimum atomic E-state index is -0.114. The van der Waals surface area contributed by atoms with E-state index in [0.29, 0.717) is 12.1 Å². The van der Waals surface area contributed by atoms with Gasteiger partial charge in [-0.3, -0.25) is 15.0 Å². The maximum atomic E-state index is 12.3. The van der Waals surface area contributed by atoms with Crippen molar-refractivity contribution in [3.05, 3.63) is 46.9 Å². The first-order valence-electron chi connectivity index (χ1n) is 6.37. The summed E-state index contributed by atoms with van der Waals surface area (Å²) in [7, 11) is 0. The number of carbonyl (C=O) groups is 1. The van der Waals surface area contributed by atoms with E-state index in [9.17, 15) is 4.79 Å². The topological polar surface area (TPSA) is 86.5 Å². The molecule has 0 aliphatic heterocycles. The number of aromatic nitrogens is 4. The van der Waals surface area contributed by atoms with E-state index < -0.39 is 0 Å². The Morgan fingerprint density at radius 3 is 2.90 bits per heavy atom. The van der Waals surface area contributed by atoms with E-state index in [-0.39, 0.29) is 5.91 Å². The quantitative estimate of drug-likeness (QED) is 0.678. The summed E-state index contributed by atoms with van der Waals surface area (Å²) in [4.78, 5) is 12.3. The molecule has 0 saturated heterocycles. The Labute approximate surface area is 115 Å². The van der Waals surface area contributed by atoms with Crippen LogP contribution in [-0.2, 0) is 6.54 Å². The minimum absolute atomic E-state index is 0.114. The Morgan fingerprint density at radius 2 is 2.15 bits per heavy atom. The first kappa shape index (κ1) is 12.4. The highest BCUT2D eigenvalue weighted by Crippen LogP contribution is 2.16. The van der Waals surface area contributed by atoms with Crippen LogP contribution in [0.5, 0.6) is 0 Å². The van der Waals surface area contributed by atoms with Gasteiger partial charge in [0.05, 0.1) is 23.0 Å². The predicted molar refractivity (Wildman–Crippen MR) is 75.3 cm³/mol. The van der Waals surface area contributed by atoms with Gasteiger partial charge in [-0.25, -0.2) is 0 Å². The maximum absolute atomic E-state index is 12.3. The van der Waals surface area contributed by atoms with Crippen molar-refractivity contribution in [2.24, 2.45) is 0 Å². The van der Waals surface area contributed by atoms with Crippen LogP contribution < -0.4 is 5.32 Å². The molecule has 0 aliphatic carbocycles. The van der Waals surface area contributed by atoms with Crippen LogP contribution in [0.2, 0.25) is 0 Å². The number of benzene rings is 1. The lowest BCUT2D eigenvalue weighted by Crippen LogP contribution is -2.23. The van der Waals surface area contributed by atoms with Gasteiger partial charge in [0.2, 0.25) is 0 Å². The number of aromatic amines is 2. The summed E-state index contributed by atoms with van der Waals surface area (Å²) in [5.41, 5.74) is 4.38. The van der Waals surface area contributed by atoms with Crippen LogP contribution in [0.1, 0.15) is 27.3 Å². The average Bonchev–Trinajstić information content (AvgIpc) is 3.03. The van der Waals surface area contributed by atoms with E-state index in [0.717, 1.165) is 27.9 Å². The molecule has 0 unspecified atom stereocenters. The van der Waals surface area contributed by atoms with E-state index >= 15 is 0 Å². The van der Waals surface area contributed by atoms with E-state index in [1.165, 1.54) is 0 Å². The van der Waals surface area contributed by atoms with Crippen LogP contribution >= 0.6 is 0 Å². The highest BCUT2D eigenvalue weighted by atomic mass is 16.1. The lowest BCUT2D eigenvalue weighted by atomic mass is 10.1. The van der Waals surface area contributed by atoms with Gasteiger partial charge in [0.25, 0.3) is 5.91 Å². The molecule has 1 amide bonds. The highest BCUT2D eigenvalue weighted by Gasteiger charge is 2.12. The van der Waals surface area contributed by atoms with Gasteiger partial charge in [-0.05, 0) is 26.0 Å². The van der Waals surface area contributed by atoms with Gasteiger partial charge in [0.1, 0.15) is 0 Å². The van der Waals surface area contributed by atoms with Gasteiger partial charge in [0.15, 0.2) is 0 Å². The van der Waals surface area contributed by atoms with E-state index in [1.807, 2.05) is 26.0 Å². The smallest absolute Gasteiger partial charge is 0.252 e. The maximum Gasteiger partial charge on any atom is 0.252 e. The number of H-pyrrole nitrogens is 2. The fourth-order valence-corrected chi connectivity index (χ4v) is 2.26. The van der Waals surface area contributed by atoms with Crippen LogP contribution in [0, 0.1) is 13.8 Å². The van der Waals surface area contributed by atoms with Crippen molar-refractivity contribution in [3.8, 4) is 0 Å².